The van der Waals surface area contributed by atoms with Crippen molar-refractivity contribution in [3.05, 3.63) is 0 Å². The molecule has 122 valence electrons. The average molecular weight is 295 g/mol. The average Bonchev–Trinajstić information content (AvgIpc) is 2.82. The third kappa shape index (κ3) is 4.19. The Hall–Kier alpha value is -0.610. The Kier molecular flexibility index (Phi) is 6.06. The molecule has 21 heavy (non-hydrogen) atoms. The van der Waals surface area contributed by atoms with Crippen LogP contribution in [0.1, 0.15) is 66.2 Å². The molecule has 2 saturated heterocycles. The summed E-state index contributed by atoms with van der Waals surface area (Å²) in [7, 11) is 0. The largest absolute Gasteiger partial charge is 0.352 e. The molecule has 0 saturated carbocycles. The number of carbonyl (C=O) groups excluding carboxylic acids is 1. The topological polar surface area (TPSA) is 44.4 Å². The van der Waals surface area contributed by atoms with Gasteiger partial charge in [0.15, 0.2) is 0 Å². The molecule has 0 aromatic rings. The quantitative estimate of drug-likeness (QED) is 0.757. The van der Waals surface area contributed by atoms with Crippen LogP contribution in [0, 0.1) is 0 Å². The molecular weight excluding hydrogens is 262 g/mol. The lowest BCUT2D eigenvalue weighted by Crippen LogP contribution is -2.55. The summed E-state index contributed by atoms with van der Waals surface area (Å²) in [5, 5.41) is 6.85. The van der Waals surface area contributed by atoms with E-state index in [9.17, 15) is 4.79 Å². The molecule has 0 spiro atoms. The SMILES string of the molecule is CCCN(C1CC2CCC(C1)N2)C(C)C(=O)NC(C)CC. The molecule has 2 fully saturated rings. The van der Waals surface area contributed by atoms with Gasteiger partial charge in [0, 0.05) is 24.2 Å². The molecule has 2 N–H and O–H groups in total. The molecule has 4 nitrogen and oxygen atoms in total. The van der Waals surface area contributed by atoms with Gasteiger partial charge in [-0.15, -0.1) is 0 Å². The highest BCUT2D eigenvalue weighted by molar-refractivity contribution is 5.81. The number of amides is 1. The second-order valence-corrected chi connectivity index (χ2v) is 6.99. The summed E-state index contributed by atoms with van der Waals surface area (Å²) in [5.74, 6) is 0.198. The van der Waals surface area contributed by atoms with Gasteiger partial charge in [-0.1, -0.05) is 13.8 Å². The van der Waals surface area contributed by atoms with Crippen molar-refractivity contribution in [3.8, 4) is 0 Å². The normalized spacial score (nSPS) is 31.2. The van der Waals surface area contributed by atoms with Crippen molar-refractivity contribution in [2.45, 2.75) is 96.4 Å². The maximum Gasteiger partial charge on any atom is 0.237 e. The lowest BCUT2D eigenvalue weighted by atomic mass is 9.96. The van der Waals surface area contributed by atoms with Crippen molar-refractivity contribution in [1.29, 1.82) is 0 Å². The molecule has 2 heterocycles. The van der Waals surface area contributed by atoms with Crippen molar-refractivity contribution in [3.63, 3.8) is 0 Å². The molecule has 0 aliphatic carbocycles. The highest BCUT2D eigenvalue weighted by Crippen LogP contribution is 2.30. The summed E-state index contributed by atoms with van der Waals surface area (Å²) in [6, 6.07) is 2.19. The molecule has 4 heteroatoms. The third-order valence-electron chi connectivity index (χ3n) is 5.28. The second kappa shape index (κ2) is 7.59. The first kappa shape index (κ1) is 16.8. The van der Waals surface area contributed by atoms with Gasteiger partial charge in [0.05, 0.1) is 6.04 Å². The fraction of sp³-hybridized carbons (Fsp3) is 0.941. The molecule has 4 atom stereocenters. The van der Waals surface area contributed by atoms with E-state index >= 15 is 0 Å². The molecular formula is C17H33N3O. The van der Waals surface area contributed by atoms with E-state index in [1.165, 1.54) is 25.7 Å². The third-order valence-corrected chi connectivity index (χ3v) is 5.28. The van der Waals surface area contributed by atoms with E-state index in [0.29, 0.717) is 18.1 Å². The molecule has 2 bridgehead atoms. The fourth-order valence-corrected chi connectivity index (χ4v) is 3.86. The van der Waals surface area contributed by atoms with Crippen LogP contribution >= 0.6 is 0 Å². The van der Waals surface area contributed by atoms with Crippen LogP contribution in [0.15, 0.2) is 0 Å². The Morgan fingerprint density at radius 1 is 1.24 bits per heavy atom. The van der Waals surface area contributed by atoms with Gasteiger partial charge in [0.25, 0.3) is 0 Å². The van der Waals surface area contributed by atoms with Gasteiger partial charge in [-0.05, 0) is 58.9 Å². The number of hydrogen-bond acceptors (Lipinski definition) is 3. The minimum atomic E-state index is -0.0125. The van der Waals surface area contributed by atoms with Crippen LogP contribution in [-0.4, -0.2) is 47.6 Å². The summed E-state index contributed by atoms with van der Waals surface area (Å²) in [6.45, 7) is 9.52. The summed E-state index contributed by atoms with van der Waals surface area (Å²) < 4.78 is 0. The Morgan fingerprint density at radius 2 is 1.86 bits per heavy atom. The highest BCUT2D eigenvalue weighted by Gasteiger charge is 2.38. The maximum atomic E-state index is 12.5. The van der Waals surface area contributed by atoms with Gasteiger partial charge in [-0.25, -0.2) is 0 Å². The van der Waals surface area contributed by atoms with E-state index < -0.39 is 0 Å². The van der Waals surface area contributed by atoms with Gasteiger partial charge in [0.1, 0.15) is 0 Å². The molecule has 2 aliphatic rings. The van der Waals surface area contributed by atoms with Crippen molar-refractivity contribution < 1.29 is 4.79 Å². The predicted molar refractivity (Wildman–Crippen MR) is 87.3 cm³/mol. The molecule has 2 rings (SSSR count). The van der Waals surface area contributed by atoms with E-state index in [0.717, 1.165) is 19.4 Å². The lowest BCUT2D eigenvalue weighted by Gasteiger charge is -2.40. The Bertz CT molecular complexity index is 335. The van der Waals surface area contributed by atoms with Crippen LogP contribution in [0.3, 0.4) is 0 Å². The number of rotatable bonds is 7. The van der Waals surface area contributed by atoms with Gasteiger partial charge in [-0.3, -0.25) is 9.69 Å². The molecule has 2 aliphatic heterocycles. The zero-order valence-electron chi connectivity index (χ0n) is 14.2. The van der Waals surface area contributed by atoms with E-state index in [1.54, 1.807) is 0 Å². The van der Waals surface area contributed by atoms with Gasteiger partial charge >= 0.3 is 0 Å². The fourth-order valence-electron chi connectivity index (χ4n) is 3.86. The second-order valence-electron chi connectivity index (χ2n) is 6.99. The number of piperidine rings is 1. The monoisotopic (exact) mass is 295 g/mol. The van der Waals surface area contributed by atoms with E-state index in [2.05, 4.69) is 43.2 Å². The first-order valence-electron chi connectivity index (χ1n) is 8.87. The maximum absolute atomic E-state index is 12.5. The van der Waals surface area contributed by atoms with Gasteiger partial charge in [-0.2, -0.15) is 0 Å². The van der Waals surface area contributed by atoms with Crippen LogP contribution in [0.4, 0.5) is 0 Å². The number of hydrogen-bond donors (Lipinski definition) is 2. The Balaban J connectivity index is 1.98. The number of nitrogens with zero attached hydrogens (tertiary/aromatic N) is 1. The minimum absolute atomic E-state index is 0.0125. The first-order valence-corrected chi connectivity index (χ1v) is 8.87. The summed E-state index contributed by atoms with van der Waals surface area (Å²) in [6.07, 6.45) is 7.14. The van der Waals surface area contributed by atoms with Gasteiger partial charge in [0.2, 0.25) is 5.91 Å². The smallest absolute Gasteiger partial charge is 0.237 e. The van der Waals surface area contributed by atoms with Crippen LogP contribution in [0.5, 0.6) is 0 Å². The lowest BCUT2D eigenvalue weighted by molar-refractivity contribution is -0.127. The Morgan fingerprint density at radius 3 is 2.38 bits per heavy atom. The molecule has 4 unspecified atom stereocenters. The zero-order valence-corrected chi connectivity index (χ0v) is 14.2. The van der Waals surface area contributed by atoms with Crippen molar-refractivity contribution >= 4 is 5.91 Å². The number of nitrogens with one attached hydrogen (secondary N) is 2. The number of carbonyl (C=O) groups is 1. The molecule has 1 amide bonds. The molecule has 0 aromatic heterocycles. The molecule has 0 radical (unpaired) electrons. The first-order chi connectivity index (χ1) is 10.0. The van der Waals surface area contributed by atoms with E-state index in [-0.39, 0.29) is 18.0 Å². The minimum Gasteiger partial charge on any atom is -0.352 e. The molecule has 0 aromatic carbocycles. The van der Waals surface area contributed by atoms with Crippen LogP contribution in [0.25, 0.3) is 0 Å². The number of fused-ring (bicyclic) bond motifs is 2. The van der Waals surface area contributed by atoms with Crippen LogP contribution in [-0.2, 0) is 4.79 Å². The van der Waals surface area contributed by atoms with Gasteiger partial charge < -0.3 is 10.6 Å². The summed E-state index contributed by atoms with van der Waals surface area (Å²) >= 11 is 0. The van der Waals surface area contributed by atoms with E-state index in [1.807, 2.05) is 0 Å². The summed E-state index contributed by atoms with van der Waals surface area (Å²) in [5.41, 5.74) is 0. The van der Waals surface area contributed by atoms with E-state index in [4.69, 9.17) is 0 Å². The predicted octanol–water partition coefficient (Wildman–Crippen LogP) is 2.28. The van der Waals surface area contributed by atoms with Crippen molar-refractivity contribution in [2.24, 2.45) is 0 Å². The summed E-state index contributed by atoms with van der Waals surface area (Å²) in [4.78, 5) is 14.9. The standard InChI is InChI=1S/C17H33N3O/c1-5-9-20(13(4)17(21)18-12(3)6-2)16-10-14-7-8-15(11-16)19-14/h12-16,19H,5-11H2,1-4H3,(H,18,21). The van der Waals surface area contributed by atoms with Crippen LogP contribution in [0.2, 0.25) is 0 Å². The van der Waals surface area contributed by atoms with Crippen molar-refractivity contribution in [1.82, 2.24) is 15.5 Å². The van der Waals surface area contributed by atoms with Crippen LogP contribution < -0.4 is 10.6 Å². The zero-order chi connectivity index (χ0) is 15.4. The highest BCUT2D eigenvalue weighted by atomic mass is 16.2. The Labute approximate surface area is 130 Å². The van der Waals surface area contributed by atoms with Crippen molar-refractivity contribution in [2.75, 3.05) is 6.54 Å².